The maximum absolute atomic E-state index is 12.9. The Balaban J connectivity index is 2.01. The summed E-state index contributed by atoms with van der Waals surface area (Å²) in [5.74, 6) is 0.464. The van der Waals surface area contributed by atoms with E-state index in [0.29, 0.717) is 11.3 Å². The van der Waals surface area contributed by atoms with Gasteiger partial charge in [-0.1, -0.05) is 30.3 Å². The van der Waals surface area contributed by atoms with Crippen LogP contribution in [0.3, 0.4) is 0 Å². The lowest BCUT2D eigenvalue weighted by Gasteiger charge is -2.22. The van der Waals surface area contributed by atoms with Crippen LogP contribution in [0.4, 0.5) is 5.69 Å². The molecule has 7 nitrogen and oxygen atoms in total. The summed E-state index contributed by atoms with van der Waals surface area (Å²) in [6, 6.07) is 13.8. The predicted octanol–water partition coefficient (Wildman–Crippen LogP) is 3.72. The molecule has 3 aromatic rings. The molecule has 0 saturated heterocycles. The number of nitro groups is 1. The summed E-state index contributed by atoms with van der Waals surface area (Å²) < 4.78 is 32.5. The molecule has 0 aliphatic carbocycles. The van der Waals surface area contributed by atoms with Gasteiger partial charge in [0.1, 0.15) is 11.3 Å². The van der Waals surface area contributed by atoms with Gasteiger partial charge in [-0.05, 0) is 25.1 Å². The zero-order valence-corrected chi connectivity index (χ0v) is 14.4. The van der Waals surface area contributed by atoms with Gasteiger partial charge in [0.05, 0.1) is 11.0 Å². The maximum atomic E-state index is 12.9. The average Bonchev–Trinajstić information content (AvgIpc) is 3.04. The highest BCUT2D eigenvalue weighted by Crippen LogP contribution is 2.32. The van der Waals surface area contributed by atoms with Gasteiger partial charge in [-0.2, -0.15) is 4.31 Å². The summed E-state index contributed by atoms with van der Waals surface area (Å²) >= 11 is 0. The van der Waals surface area contributed by atoms with Crippen molar-refractivity contribution in [3.63, 3.8) is 0 Å². The third kappa shape index (κ3) is 3.01. The number of nitro benzene ring substituents is 1. The summed E-state index contributed by atoms with van der Waals surface area (Å²) in [4.78, 5) is 10.1. The molecule has 0 spiro atoms. The second-order valence-corrected chi connectivity index (χ2v) is 7.57. The molecular formula is C17H16N2O5S. The lowest BCUT2D eigenvalue weighted by molar-refractivity contribution is -0.387. The number of sulfonamides is 1. The number of hydrogen-bond acceptors (Lipinski definition) is 5. The third-order valence-corrected chi connectivity index (χ3v) is 6.10. The van der Waals surface area contributed by atoms with Gasteiger partial charge < -0.3 is 4.42 Å². The summed E-state index contributed by atoms with van der Waals surface area (Å²) in [5.41, 5.74) is 0.201. The van der Waals surface area contributed by atoms with E-state index in [9.17, 15) is 18.5 Å². The van der Waals surface area contributed by atoms with Crippen molar-refractivity contribution in [2.45, 2.75) is 17.9 Å². The van der Waals surface area contributed by atoms with E-state index in [2.05, 4.69) is 0 Å². The van der Waals surface area contributed by atoms with E-state index >= 15 is 0 Å². The minimum Gasteiger partial charge on any atom is -0.459 e. The molecular weight excluding hydrogens is 344 g/mol. The Hall–Kier alpha value is -2.71. The molecule has 0 radical (unpaired) electrons. The summed E-state index contributed by atoms with van der Waals surface area (Å²) in [6.07, 6.45) is 0. The monoisotopic (exact) mass is 360 g/mol. The molecule has 1 aromatic heterocycles. The topological polar surface area (TPSA) is 93.7 Å². The van der Waals surface area contributed by atoms with Crippen molar-refractivity contribution in [1.82, 2.24) is 4.31 Å². The van der Waals surface area contributed by atoms with Crippen molar-refractivity contribution in [3.8, 4) is 0 Å². The van der Waals surface area contributed by atoms with Crippen molar-refractivity contribution < 1.29 is 17.8 Å². The van der Waals surface area contributed by atoms with Crippen molar-refractivity contribution >= 4 is 26.7 Å². The van der Waals surface area contributed by atoms with Crippen molar-refractivity contribution in [3.05, 3.63) is 70.5 Å². The van der Waals surface area contributed by atoms with Crippen molar-refractivity contribution in [2.24, 2.45) is 0 Å². The Bertz CT molecular complexity index is 1010. The minimum absolute atomic E-state index is 0.342. The summed E-state index contributed by atoms with van der Waals surface area (Å²) in [6.45, 7) is 1.67. The lowest BCUT2D eigenvalue weighted by atomic mass is 10.2. The van der Waals surface area contributed by atoms with Gasteiger partial charge in [-0.15, -0.1) is 0 Å². The van der Waals surface area contributed by atoms with Gasteiger partial charge in [0.25, 0.3) is 5.69 Å². The van der Waals surface area contributed by atoms with E-state index < -0.39 is 26.7 Å². The van der Waals surface area contributed by atoms with Crippen LogP contribution in [-0.4, -0.2) is 24.7 Å². The Morgan fingerprint density at radius 3 is 2.44 bits per heavy atom. The molecule has 1 atom stereocenters. The third-order valence-electron chi connectivity index (χ3n) is 4.12. The Kier molecular flexibility index (Phi) is 4.32. The van der Waals surface area contributed by atoms with Gasteiger partial charge in [0.2, 0.25) is 10.0 Å². The number of hydrogen-bond donors (Lipinski definition) is 0. The first-order valence-electron chi connectivity index (χ1n) is 7.52. The van der Waals surface area contributed by atoms with Gasteiger partial charge in [-0.25, -0.2) is 8.42 Å². The van der Waals surface area contributed by atoms with Crippen LogP contribution in [0.25, 0.3) is 11.0 Å². The fraction of sp³-hybridized carbons (Fsp3) is 0.176. The van der Waals surface area contributed by atoms with E-state index in [1.165, 1.54) is 31.3 Å². The molecule has 0 bridgehead atoms. The van der Waals surface area contributed by atoms with Crippen molar-refractivity contribution in [2.75, 3.05) is 7.05 Å². The van der Waals surface area contributed by atoms with Crippen LogP contribution in [0.15, 0.2) is 63.9 Å². The fourth-order valence-electron chi connectivity index (χ4n) is 2.58. The minimum atomic E-state index is -4.07. The molecule has 0 fully saturated rings. The van der Waals surface area contributed by atoms with Gasteiger partial charge in [-0.3, -0.25) is 10.1 Å². The number of furan rings is 1. The van der Waals surface area contributed by atoms with Crippen LogP contribution >= 0.6 is 0 Å². The average molecular weight is 360 g/mol. The van der Waals surface area contributed by atoms with E-state index in [4.69, 9.17) is 4.42 Å². The zero-order chi connectivity index (χ0) is 18.2. The van der Waals surface area contributed by atoms with Crippen LogP contribution in [-0.2, 0) is 10.0 Å². The molecule has 8 heteroatoms. The molecule has 25 heavy (non-hydrogen) atoms. The second kappa shape index (κ2) is 6.30. The zero-order valence-electron chi connectivity index (χ0n) is 13.6. The number of rotatable bonds is 5. The van der Waals surface area contributed by atoms with Crippen molar-refractivity contribution in [1.29, 1.82) is 0 Å². The molecule has 3 rings (SSSR count). The maximum Gasteiger partial charge on any atom is 0.289 e. The smallest absolute Gasteiger partial charge is 0.289 e. The molecule has 0 N–H and O–H groups in total. The van der Waals surface area contributed by atoms with Crippen LogP contribution in [0.5, 0.6) is 0 Å². The molecule has 0 amide bonds. The van der Waals surface area contributed by atoms with E-state index in [0.717, 1.165) is 9.69 Å². The molecule has 0 aliphatic heterocycles. The van der Waals surface area contributed by atoms with E-state index in [1.807, 2.05) is 18.2 Å². The van der Waals surface area contributed by atoms with Crippen LogP contribution in [0.1, 0.15) is 18.7 Å². The highest BCUT2D eigenvalue weighted by Gasteiger charge is 2.33. The van der Waals surface area contributed by atoms with E-state index in [1.54, 1.807) is 19.1 Å². The Morgan fingerprint density at radius 1 is 1.12 bits per heavy atom. The quantitative estimate of drug-likeness (QED) is 0.510. The van der Waals surface area contributed by atoms with Crippen LogP contribution in [0, 0.1) is 10.1 Å². The first-order chi connectivity index (χ1) is 11.8. The molecule has 0 aliphatic rings. The van der Waals surface area contributed by atoms with Gasteiger partial charge >= 0.3 is 0 Å². The first-order valence-corrected chi connectivity index (χ1v) is 8.96. The SMILES string of the molecule is CC(c1cc2ccccc2o1)N(C)S(=O)(=O)c1ccccc1[N+](=O)[O-]. The standard InChI is InChI=1S/C17H16N2O5S/c1-12(16-11-13-7-3-5-9-15(13)24-16)18(2)25(22,23)17-10-6-4-8-14(17)19(20)21/h3-12H,1-2H3. The fourth-order valence-corrected chi connectivity index (χ4v) is 4.06. The highest BCUT2D eigenvalue weighted by molar-refractivity contribution is 7.89. The molecule has 0 saturated carbocycles. The summed E-state index contributed by atoms with van der Waals surface area (Å²) in [7, 11) is -2.69. The largest absolute Gasteiger partial charge is 0.459 e. The van der Waals surface area contributed by atoms with Gasteiger partial charge in [0.15, 0.2) is 4.90 Å². The molecule has 1 unspecified atom stereocenters. The highest BCUT2D eigenvalue weighted by atomic mass is 32.2. The van der Waals surface area contributed by atoms with Crippen LogP contribution < -0.4 is 0 Å². The second-order valence-electron chi connectivity index (χ2n) is 5.61. The van der Waals surface area contributed by atoms with Gasteiger partial charge in [0, 0.05) is 18.5 Å². The molecule has 2 aromatic carbocycles. The lowest BCUT2D eigenvalue weighted by Crippen LogP contribution is -2.30. The summed E-state index contributed by atoms with van der Waals surface area (Å²) in [5, 5.41) is 12.0. The van der Waals surface area contributed by atoms with E-state index in [-0.39, 0.29) is 4.90 Å². The molecule has 130 valence electrons. The number of benzene rings is 2. The number of para-hydroxylation sites is 2. The van der Waals surface area contributed by atoms with Crippen LogP contribution in [0.2, 0.25) is 0 Å². The Labute approximate surface area is 144 Å². The number of fused-ring (bicyclic) bond motifs is 1. The Morgan fingerprint density at radius 2 is 1.76 bits per heavy atom. The number of nitrogens with zero attached hydrogens (tertiary/aromatic N) is 2. The predicted molar refractivity (Wildman–Crippen MR) is 92.7 cm³/mol. The first kappa shape index (κ1) is 17.1. The molecule has 1 heterocycles. The normalized spacial score (nSPS) is 13.2.